The van der Waals surface area contributed by atoms with Gasteiger partial charge in [-0.25, -0.2) is 4.79 Å². The molecular weight excluding hydrogens is 236 g/mol. The van der Waals surface area contributed by atoms with Crippen LogP contribution in [0, 0.1) is 0 Å². The topological polar surface area (TPSA) is 69.7 Å². The van der Waals surface area contributed by atoms with Crippen molar-refractivity contribution < 1.29 is 23.9 Å². The van der Waals surface area contributed by atoms with Crippen molar-refractivity contribution in [3.05, 3.63) is 30.3 Å². The number of hydrogen-bond acceptors (Lipinski definition) is 5. The fourth-order valence-electron chi connectivity index (χ4n) is 1.20. The second-order valence-corrected chi connectivity index (χ2v) is 3.58. The van der Waals surface area contributed by atoms with Crippen molar-refractivity contribution in [1.82, 2.24) is 0 Å². The average molecular weight is 250 g/mol. The van der Waals surface area contributed by atoms with Gasteiger partial charge in [0.05, 0.1) is 6.61 Å². The average Bonchev–Trinajstić information content (AvgIpc) is 2.43. The van der Waals surface area contributed by atoms with E-state index in [-0.39, 0.29) is 24.9 Å². The molecule has 0 bridgehead atoms. The van der Waals surface area contributed by atoms with Gasteiger partial charge in [0.25, 0.3) is 0 Å². The minimum atomic E-state index is -2.23. The van der Waals surface area contributed by atoms with Crippen LogP contribution in [0.3, 0.4) is 0 Å². The van der Waals surface area contributed by atoms with Crippen molar-refractivity contribution >= 4 is 18.5 Å². The number of aldehydes is 2. The summed E-state index contributed by atoms with van der Waals surface area (Å²) >= 11 is 0. The van der Waals surface area contributed by atoms with Crippen LogP contribution in [0.5, 0.6) is 5.75 Å². The summed E-state index contributed by atoms with van der Waals surface area (Å²) in [5, 5.41) is 0. The number of rotatable bonds is 7. The van der Waals surface area contributed by atoms with Crippen molar-refractivity contribution in [2.75, 3.05) is 6.61 Å². The SMILES string of the molecule is CCCOC(=O)C(C=O)(C=O)Oc1ccccc1. The van der Waals surface area contributed by atoms with Gasteiger partial charge in [0.15, 0.2) is 12.6 Å². The Morgan fingerprint density at radius 3 is 2.33 bits per heavy atom. The molecule has 0 spiro atoms. The zero-order valence-electron chi connectivity index (χ0n) is 10.00. The molecule has 0 N–H and O–H groups in total. The molecule has 0 unspecified atom stereocenters. The minimum absolute atomic E-state index is 0.125. The smallest absolute Gasteiger partial charge is 0.365 e. The molecule has 0 atom stereocenters. The molecule has 5 heteroatoms. The molecule has 1 aromatic carbocycles. The summed E-state index contributed by atoms with van der Waals surface area (Å²) in [6, 6.07) is 8.13. The third kappa shape index (κ3) is 3.16. The van der Waals surface area contributed by atoms with Gasteiger partial charge >= 0.3 is 11.6 Å². The van der Waals surface area contributed by atoms with E-state index in [1.165, 1.54) is 12.1 Å². The second-order valence-electron chi connectivity index (χ2n) is 3.58. The fraction of sp³-hybridized carbons (Fsp3) is 0.308. The van der Waals surface area contributed by atoms with E-state index in [1.54, 1.807) is 25.1 Å². The molecule has 0 saturated heterocycles. The summed E-state index contributed by atoms with van der Waals surface area (Å²) < 4.78 is 9.93. The Morgan fingerprint density at radius 2 is 1.83 bits per heavy atom. The summed E-state index contributed by atoms with van der Waals surface area (Å²) in [6.07, 6.45) is 0.876. The van der Waals surface area contributed by atoms with E-state index in [0.29, 0.717) is 6.42 Å². The molecule has 1 aromatic rings. The predicted molar refractivity (Wildman–Crippen MR) is 63.2 cm³/mol. The Hall–Kier alpha value is -2.17. The van der Waals surface area contributed by atoms with Crippen LogP contribution < -0.4 is 4.74 Å². The molecule has 1 rings (SSSR count). The van der Waals surface area contributed by atoms with E-state index >= 15 is 0 Å². The molecule has 0 radical (unpaired) electrons. The van der Waals surface area contributed by atoms with Crippen molar-refractivity contribution in [2.45, 2.75) is 18.9 Å². The summed E-state index contributed by atoms with van der Waals surface area (Å²) in [4.78, 5) is 33.7. The fourth-order valence-corrected chi connectivity index (χ4v) is 1.20. The first-order valence-corrected chi connectivity index (χ1v) is 5.52. The van der Waals surface area contributed by atoms with E-state index in [0.717, 1.165) is 0 Å². The maximum atomic E-state index is 11.7. The first kappa shape index (κ1) is 13.9. The quantitative estimate of drug-likeness (QED) is 0.412. The highest BCUT2D eigenvalue weighted by Crippen LogP contribution is 2.17. The Morgan fingerprint density at radius 1 is 1.22 bits per heavy atom. The Balaban J connectivity index is 2.89. The third-order valence-corrected chi connectivity index (χ3v) is 2.14. The molecule has 5 nitrogen and oxygen atoms in total. The van der Waals surface area contributed by atoms with Crippen LogP contribution in [0.25, 0.3) is 0 Å². The molecular formula is C13H14O5. The highest BCUT2D eigenvalue weighted by molar-refractivity contribution is 6.12. The van der Waals surface area contributed by atoms with Gasteiger partial charge < -0.3 is 9.47 Å². The normalized spacial score (nSPS) is 10.5. The maximum Gasteiger partial charge on any atom is 0.365 e. The maximum absolute atomic E-state index is 11.7. The van der Waals surface area contributed by atoms with Gasteiger partial charge in [-0.05, 0) is 18.6 Å². The number of benzene rings is 1. The minimum Gasteiger partial charge on any atom is -0.462 e. The van der Waals surface area contributed by atoms with Crippen molar-refractivity contribution in [3.63, 3.8) is 0 Å². The molecule has 0 aliphatic rings. The van der Waals surface area contributed by atoms with Crippen LogP contribution in [-0.4, -0.2) is 30.7 Å². The molecule has 0 saturated carbocycles. The Kier molecular flexibility index (Phi) is 5.05. The Labute approximate surface area is 105 Å². The number of hydrogen-bond donors (Lipinski definition) is 0. The predicted octanol–water partition coefficient (Wildman–Crippen LogP) is 1.16. The number of esters is 1. The molecule has 96 valence electrons. The van der Waals surface area contributed by atoms with Crippen LogP contribution in [0.2, 0.25) is 0 Å². The van der Waals surface area contributed by atoms with E-state index < -0.39 is 11.6 Å². The summed E-state index contributed by atoms with van der Waals surface area (Å²) in [7, 11) is 0. The van der Waals surface area contributed by atoms with Crippen LogP contribution in [0.1, 0.15) is 13.3 Å². The number of carbonyl (C=O) groups is 3. The molecule has 0 aromatic heterocycles. The number of carbonyl (C=O) groups excluding carboxylic acids is 3. The second kappa shape index (κ2) is 6.54. The lowest BCUT2D eigenvalue weighted by Crippen LogP contribution is -2.49. The van der Waals surface area contributed by atoms with Gasteiger partial charge in [-0.15, -0.1) is 0 Å². The van der Waals surface area contributed by atoms with Gasteiger partial charge in [0.1, 0.15) is 5.75 Å². The summed E-state index contributed by atoms with van der Waals surface area (Å²) in [5.74, 6) is -0.761. The first-order valence-electron chi connectivity index (χ1n) is 5.52. The van der Waals surface area contributed by atoms with Crippen molar-refractivity contribution in [2.24, 2.45) is 0 Å². The monoisotopic (exact) mass is 250 g/mol. The molecule has 0 amide bonds. The standard InChI is InChI=1S/C13H14O5/c1-2-8-17-12(16)13(9-14,10-15)18-11-6-4-3-5-7-11/h3-7,9-10H,2,8H2,1H3. The lowest BCUT2D eigenvalue weighted by atomic mass is 10.1. The largest absolute Gasteiger partial charge is 0.462 e. The lowest BCUT2D eigenvalue weighted by Gasteiger charge is -2.21. The molecule has 0 heterocycles. The molecule has 0 aliphatic carbocycles. The summed E-state index contributed by atoms with van der Waals surface area (Å²) in [5.41, 5.74) is -2.23. The van der Waals surface area contributed by atoms with Gasteiger partial charge in [0, 0.05) is 0 Å². The lowest BCUT2D eigenvalue weighted by molar-refractivity contribution is -0.164. The highest BCUT2D eigenvalue weighted by atomic mass is 16.6. The van der Waals surface area contributed by atoms with Gasteiger partial charge in [0.2, 0.25) is 0 Å². The van der Waals surface area contributed by atoms with E-state index in [4.69, 9.17) is 9.47 Å². The van der Waals surface area contributed by atoms with Crippen LogP contribution in [0.4, 0.5) is 0 Å². The van der Waals surface area contributed by atoms with Gasteiger partial charge in [-0.2, -0.15) is 0 Å². The zero-order chi connectivity index (χ0) is 13.4. The van der Waals surface area contributed by atoms with Crippen LogP contribution >= 0.6 is 0 Å². The number of para-hydroxylation sites is 1. The van der Waals surface area contributed by atoms with Crippen molar-refractivity contribution in [3.8, 4) is 5.75 Å². The Bertz CT molecular complexity index is 405. The van der Waals surface area contributed by atoms with Crippen molar-refractivity contribution in [1.29, 1.82) is 0 Å². The highest BCUT2D eigenvalue weighted by Gasteiger charge is 2.43. The molecule has 0 aliphatic heterocycles. The molecule has 0 fully saturated rings. The van der Waals surface area contributed by atoms with E-state index in [1.807, 2.05) is 0 Å². The first-order chi connectivity index (χ1) is 8.68. The van der Waals surface area contributed by atoms with Crippen LogP contribution in [0.15, 0.2) is 30.3 Å². The van der Waals surface area contributed by atoms with E-state index in [9.17, 15) is 14.4 Å². The zero-order valence-corrected chi connectivity index (χ0v) is 10.00. The van der Waals surface area contributed by atoms with Gasteiger partial charge in [-0.3, -0.25) is 9.59 Å². The third-order valence-electron chi connectivity index (χ3n) is 2.14. The van der Waals surface area contributed by atoms with E-state index in [2.05, 4.69) is 0 Å². The van der Waals surface area contributed by atoms with Crippen LogP contribution in [-0.2, 0) is 19.1 Å². The number of ether oxygens (including phenoxy) is 2. The summed E-state index contributed by atoms with van der Waals surface area (Å²) in [6.45, 7) is 1.93. The molecule has 18 heavy (non-hydrogen) atoms. The van der Waals surface area contributed by atoms with Gasteiger partial charge in [-0.1, -0.05) is 25.1 Å².